The number of halogens is 3. The quantitative estimate of drug-likeness (QED) is 0.720. The average molecular weight is 376 g/mol. The van der Waals surface area contributed by atoms with E-state index in [2.05, 4.69) is 0 Å². The van der Waals surface area contributed by atoms with Crippen molar-refractivity contribution < 1.29 is 22.7 Å². The third-order valence-corrected chi connectivity index (χ3v) is 3.83. The Bertz CT molecular complexity index is 811. The van der Waals surface area contributed by atoms with Crippen molar-refractivity contribution in [2.75, 3.05) is 13.2 Å². The molecule has 0 N–H and O–H groups in total. The third-order valence-electron chi connectivity index (χ3n) is 3.83. The van der Waals surface area contributed by atoms with Crippen molar-refractivity contribution in [3.05, 3.63) is 65.2 Å². The molecule has 0 aliphatic heterocycles. The summed E-state index contributed by atoms with van der Waals surface area (Å²) in [5.41, 5.74) is 0.560. The molecule has 0 radical (unpaired) electrons. The molecule has 2 rings (SSSR count). The first-order valence-electron chi connectivity index (χ1n) is 8.40. The predicted octanol–water partition coefficient (Wildman–Crippen LogP) is 4.39. The number of amides is 1. The lowest BCUT2D eigenvalue weighted by atomic mass is 10.1. The Balaban J connectivity index is 2.01. The molecule has 27 heavy (non-hydrogen) atoms. The van der Waals surface area contributed by atoms with Crippen LogP contribution in [-0.2, 0) is 17.5 Å². The van der Waals surface area contributed by atoms with Gasteiger partial charge in [-0.2, -0.15) is 18.4 Å². The molecule has 1 amide bonds. The molecule has 4 nitrogen and oxygen atoms in total. The van der Waals surface area contributed by atoms with Crippen LogP contribution in [0, 0.1) is 11.3 Å². The highest BCUT2D eigenvalue weighted by atomic mass is 19.4. The molecular formula is C20H19F3N2O2. The standard InChI is InChI=1S/C20H19F3N2O2/c1-2-10-25(13-16-8-6-15(12-24)7-9-16)19(26)14-27-18-5-3-4-17(11-18)20(21,22)23/h3-9,11H,2,10,13-14H2,1H3. The minimum Gasteiger partial charge on any atom is -0.484 e. The molecule has 0 bridgehead atoms. The molecule has 0 aromatic heterocycles. The SMILES string of the molecule is CCCN(Cc1ccc(C#N)cc1)C(=O)COc1cccc(C(F)(F)F)c1. The van der Waals surface area contributed by atoms with Crippen LogP contribution in [0.2, 0.25) is 0 Å². The van der Waals surface area contributed by atoms with E-state index in [9.17, 15) is 18.0 Å². The average Bonchev–Trinajstić information content (AvgIpc) is 2.66. The van der Waals surface area contributed by atoms with Crippen molar-refractivity contribution in [3.8, 4) is 11.8 Å². The number of carbonyl (C=O) groups excluding carboxylic acids is 1. The van der Waals surface area contributed by atoms with Crippen LogP contribution in [0.1, 0.15) is 30.0 Å². The van der Waals surface area contributed by atoms with E-state index in [1.54, 1.807) is 29.2 Å². The van der Waals surface area contributed by atoms with Gasteiger partial charge in [0.05, 0.1) is 17.2 Å². The van der Waals surface area contributed by atoms with Gasteiger partial charge in [0.15, 0.2) is 6.61 Å². The lowest BCUT2D eigenvalue weighted by Crippen LogP contribution is -2.35. The Hall–Kier alpha value is -3.01. The van der Waals surface area contributed by atoms with E-state index in [1.807, 2.05) is 13.0 Å². The second-order valence-corrected chi connectivity index (χ2v) is 5.94. The summed E-state index contributed by atoms with van der Waals surface area (Å²) < 4.78 is 43.5. The Morgan fingerprint density at radius 3 is 2.48 bits per heavy atom. The van der Waals surface area contributed by atoms with Crippen molar-refractivity contribution in [3.63, 3.8) is 0 Å². The molecule has 2 aromatic carbocycles. The van der Waals surface area contributed by atoms with Gasteiger partial charge in [0, 0.05) is 13.1 Å². The normalized spacial score (nSPS) is 10.9. The van der Waals surface area contributed by atoms with E-state index >= 15 is 0 Å². The number of rotatable bonds is 7. The van der Waals surface area contributed by atoms with Crippen molar-refractivity contribution in [2.24, 2.45) is 0 Å². The zero-order valence-corrected chi connectivity index (χ0v) is 14.8. The van der Waals surface area contributed by atoms with E-state index in [-0.39, 0.29) is 18.3 Å². The fourth-order valence-corrected chi connectivity index (χ4v) is 2.47. The molecule has 0 aliphatic carbocycles. The maximum absolute atomic E-state index is 12.7. The molecule has 0 unspecified atom stereocenters. The van der Waals surface area contributed by atoms with Crippen LogP contribution < -0.4 is 4.74 Å². The Labute approximate surface area is 155 Å². The van der Waals surface area contributed by atoms with E-state index < -0.39 is 11.7 Å². The van der Waals surface area contributed by atoms with Crippen molar-refractivity contribution in [1.82, 2.24) is 4.90 Å². The van der Waals surface area contributed by atoms with Gasteiger partial charge in [0.1, 0.15) is 5.75 Å². The molecule has 0 aliphatic rings. The maximum atomic E-state index is 12.7. The summed E-state index contributed by atoms with van der Waals surface area (Å²) >= 11 is 0. The molecule has 0 atom stereocenters. The first-order chi connectivity index (χ1) is 12.8. The molecule has 142 valence electrons. The minimum atomic E-state index is -4.47. The van der Waals surface area contributed by atoms with E-state index in [4.69, 9.17) is 10.00 Å². The van der Waals surface area contributed by atoms with Crippen molar-refractivity contribution in [2.45, 2.75) is 26.1 Å². The molecule has 0 spiro atoms. The first kappa shape index (κ1) is 20.3. The van der Waals surface area contributed by atoms with Crippen LogP contribution >= 0.6 is 0 Å². The number of hydrogen-bond donors (Lipinski definition) is 0. The van der Waals surface area contributed by atoms with Crippen LogP contribution in [0.5, 0.6) is 5.75 Å². The number of carbonyl (C=O) groups is 1. The van der Waals surface area contributed by atoms with E-state index in [0.717, 1.165) is 24.1 Å². The number of benzene rings is 2. The molecule has 7 heteroatoms. The van der Waals surface area contributed by atoms with Gasteiger partial charge in [-0.15, -0.1) is 0 Å². The van der Waals surface area contributed by atoms with E-state index in [1.165, 1.54) is 12.1 Å². The number of alkyl halides is 3. The number of nitrogens with zero attached hydrogens (tertiary/aromatic N) is 2. The zero-order chi connectivity index (χ0) is 19.9. The zero-order valence-electron chi connectivity index (χ0n) is 14.8. The maximum Gasteiger partial charge on any atom is 0.416 e. The number of ether oxygens (including phenoxy) is 1. The van der Waals surface area contributed by atoms with Gasteiger partial charge >= 0.3 is 6.18 Å². The van der Waals surface area contributed by atoms with Crippen LogP contribution in [-0.4, -0.2) is 24.0 Å². The van der Waals surface area contributed by atoms with Crippen molar-refractivity contribution >= 4 is 5.91 Å². The minimum absolute atomic E-state index is 0.00648. The van der Waals surface area contributed by atoms with Gasteiger partial charge in [0.25, 0.3) is 5.91 Å². The Morgan fingerprint density at radius 1 is 1.19 bits per heavy atom. The number of hydrogen-bond acceptors (Lipinski definition) is 3. The third kappa shape index (κ3) is 6.03. The number of nitriles is 1. The molecule has 0 saturated carbocycles. The predicted molar refractivity (Wildman–Crippen MR) is 93.8 cm³/mol. The molecule has 2 aromatic rings. The fraction of sp³-hybridized carbons (Fsp3) is 0.300. The summed E-state index contributed by atoms with van der Waals surface area (Å²) in [5, 5.41) is 8.83. The lowest BCUT2D eigenvalue weighted by molar-refractivity contribution is -0.137. The summed E-state index contributed by atoms with van der Waals surface area (Å²) in [6.07, 6.45) is -3.74. The van der Waals surface area contributed by atoms with Crippen LogP contribution in [0.3, 0.4) is 0 Å². The van der Waals surface area contributed by atoms with Crippen molar-refractivity contribution in [1.29, 1.82) is 5.26 Å². The highest BCUT2D eigenvalue weighted by Gasteiger charge is 2.30. The molecular weight excluding hydrogens is 357 g/mol. The summed E-state index contributed by atoms with van der Waals surface area (Å²) in [6, 6.07) is 13.3. The van der Waals surface area contributed by atoms with Gasteiger partial charge in [-0.05, 0) is 42.3 Å². The molecule has 0 heterocycles. The second-order valence-electron chi connectivity index (χ2n) is 5.94. The first-order valence-corrected chi connectivity index (χ1v) is 8.40. The van der Waals surface area contributed by atoms with Crippen LogP contribution in [0.25, 0.3) is 0 Å². The molecule has 0 saturated heterocycles. The lowest BCUT2D eigenvalue weighted by Gasteiger charge is -2.22. The Kier molecular flexibility index (Phi) is 6.83. The van der Waals surface area contributed by atoms with Crippen LogP contribution in [0.4, 0.5) is 13.2 Å². The monoisotopic (exact) mass is 376 g/mol. The van der Waals surface area contributed by atoms with Gasteiger partial charge in [-0.25, -0.2) is 0 Å². The summed E-state index contributed by atoms with van der Waals surface area (Å²) in [4.78, 5) is 14.0. The van der Waals surface area contributed by atoms with Gasteiger partial charge < -0.3 is 9.64 Å². The van der Waals surface area contributed by atoms with Crippen LogP contribution in [0.15, 0.2) is 48.5 Å². The second kappa shape index (κ2) is 9.08. The van der Waals surface area contributed by atoms with Gasteiger partial charge in [-0.3, -0.25) is 4.79 Å². The summed E-state index contributed by atoms with van der Waals surface area (Å²) in [5.74, 6) is -0.327. The highest BCUT2D eigenvalue weighted by Crippen LogP contribution is 2.31. The smallest absolute Gasteiger partial charge is 0.416 e. The fourth-order valence-electron chi connectivity index (χ4n) is 2.47. The highest BCUT2D eigenvalue weighted by molar-refractivity contribution is 5.77. The van der Waals surface area contributed by atoms with Gasteiger partial charge in [0.2, 0.25) is 0 Å². The van der Waals surface area contributed by atoms with Gasteiger partial charge in [-0.1, -0.05) is 25.1 Å². The summed E-state index contributed by atoms with van der Waals surface area (Å²) in [7, 11) is 0. The van der Waals surface area contributed by atoms with E-state index in [0.29, 0.717) is 18.7 Å². The largest absolute Gasteiger partial charge is 0.484 e. The Morgan fingerprint density at radius 2 is 1.89 bits per heavy atom. The topological polar surface area (TPSA) is 53.3 Å². The molecule has 0 fully saturated rings. The summed E-state index contributed by atoms with van der Waals surface area (Å²) in [6.45, 7) is 2.40.